The fourth-order valence-electron chi connectivity index (χ4n) is 4.51. The Kier molecular flexibility index (Phi) is 8.17. The minimum Gasteiger partial charge on any atom is -0.481 e. The van der Waals surface area contributed by atoms with Crippen LogP contribution in [0.2, 0.25) is 0 Å². The van der Waals surface area contributed by atoms with Gasteiger partial charge in [0.15, 0.2) is 6.04 Å². The van der Waals surface area contributed by atoms with Crippen molar-refractivity contribution in [1.29, 1.82) is 0 Å². The minimum atomic E-state index is -4.73. The summed E-state index contributed by atoms with van der Waals surface area (Å²) in [5.74, 6) is -1.98. The molecule has 206 valence electrons. The van der Waals surface area contributed by atoms with Gasteiger partial charge in [0.05, 0.1) is 17.9 Å². The number of benzene rings is 2. The van der Waals surface area contributed by atoms with Crippen LogP contribution in [0.4, 0.5) is 35.2 Å². The highest BCUT2D eigenvalue weighted by molar-refractivity contribution is 6.00. The molecule has 2 atom stereocenters. The molecule has 1 aliphatic carbocycles. The Balaban J connectivity index is 1.43. The van der Waals surface area contributed by atoms with Crippen LogP contribution >= 0.6 is 0 Å². The first kappa shape index (κ1) is 27.6. The zero-order valence-electron chi connectivity index (χ0n) is 20.9. The van der Waals surface area contributed by atoms with Crippen LogP contribution in [-0.4, -0.2) is 28.3 Å². The number of anilines is 3. The molecule has 3 aromatic rings. The molecule has 0 radical (unpaired) electrons. The van der Waals surface area contributed by atoms with E-state index in [2.05, 4.69) is 21.2 Å². The molecule has 39 heavy (non-hydrogen) atoms. The van der Waals surface area contributed by atoms with Crippen LogP contribution in [0.25, 0.3) is 0 Å². The number of halogens is 3. The lowest BCUT2D eigenvalue weighted by atomic mass is 9.86. The van der Waals surface area contributed by atoms with Gasteiger partial charge in [-0.15, -0.1) is 0 Å². The van der Waals surface area contributed by atoms with E-state index in [9.17, 15) is 32.7 Å². The van der Waals surface area contributed by atoms with Crippen LogP contribution in [-0.2, 0) is 22.2 Å². The number of carbonyl (C=O) groups excluding carboxylic acids is 2. The molecule has 0 spiro atoms. The molecule has 13 heteroatoms. The Labute approximate surface area is 221 Å². The van der Waals surface area contributed by atoms with Crippen molar-refractivity contribution in [3.8, 4) is 0 Å². The van der Waals surface area contributed by atoms with Crippen molar-refractivity contribution in [2.45, 2.75) is 51.2 Å². The molecule has 2 unspecified atom stereocenters. The van der Waals surface area contributed by atoms with Gasteiger partial charge < -0.3 is 15.7 Å². The molecular formula is C26H27F3N5O5+. The molecule has 0 aliphatic heterocycles. The van der Waals surface area contributed by atoms with Crippen LogP contribution in [0.3, 0.4) is 0 Å². The number of aromatic nitrogens is 2. The van der Waals surface area contributed by atoms with Crippen molar-refractivity contribution in [3.05, 3.63) is 65.4 Å². The SMILES string of the molecule is Cc1ccccc1CC(=O)Nc1cc(NC(=O)Nc2c[n+](C3CCCC(C(=O)O)C3)no2)cc(C(F)(F)F)c1. The lowest BCUT2D eigenvalue weighted by Crippen LogP contribution is -2.44. The second kappa shape index (κ2) is 11.5. The number of urea groups is 1. The average Bonchev–Trinajstić information content (AvgIpc) is 3.33. The van der Waals surface area contributed by atoms with E-state index in [0.717, 1.165) is 23.3 Å². The Morgan fingerprint density at radius 3 is 2.49 bits per heavy atom. The van der Waals surface area contributed by atoms with Gasteiger partial charge in [-0.25, -0.2) is 4.79 Å². The van der Waals surface area contributed by atoms with Gasteiger partial charge in [-0.1, -0.05) is 24.3 Å². The van der Waals surface area contributed by atoms with Crippen molar-refractivity contribution in [2.75, 3.05) is 16.0 Å². The Morgan fingerprint density at radius 2 is 1.79 bits per heavy atom. The first-order valence-electron chi connectivity index (χ1n) is 12.2. The van der Waals surface area contributed by atoms with Gasteiger partial charge in [0, 0.05) is 24.2 Å². The van der Waals surface area contributed by atoms with E-state index in [1.807, 2.05) is 19.1 Å². The van der Waals surface area contributed by atoms with E-state index >= 15 is 0 Å². The van der Waals surface area contributed by atoms with Crippen molar-refractivity contribution in [3.63, 3.8) is 0 Å². The summed E-state index contributed by atoms with van der Waals surface area (Å²) in [6.45, 7) is 1.82. The van der Waals surface area contributed by atoms with Crippen molar-refractivity contribution in [2.24, 2.45) is 5.92 Å². The van der Waals surface area contributed by atoms with Gasteiger partial charge in [0.1, 0.15) is 0 Å². The second-order valence-corrected chi connectivity index (χ2v) is 9.43. The monoisotopic (exact) mass is 546 g/mol. The van der Waals surface area contributed by atoms with Crippen LogP contribution in [0, 0.1) is 12.8 Å². The number of carboxylic acid groups (broad SMARTS) is 1. The molecule has 3 amide bonds. The molecule has 1 heterocycles. The summed E-state index contributed by atoms with van der Waals surface area (Å²) in [7, 11) is 0. The third-order valence-corrected chi connectivity index (χ3v) is 6.50. The molecule has 4 N–H and O–H groups in total. The summed E-state index contributed by atoms with van der Waals surface area (Å²) < 4.78 is 47.1. The third kappa shape index (κ3) is 7.33. The number of hydrogen-bond donors (Lipinski definition) is 4. The zero-order valence-corrected chi connectivity index (χ0v) is 20.9. The molecule has 4 rings (SSSR count). The quantitative estimate of drug-likeness (QED) is 0.310. The van der Waals surface area contributed by atoms with E-state index in [4.69, 9.17) is 4.52 Å². The number of hydrogen-bond acceptors (Lipinski definition) is 5. The Morgan fingerprint density at radius 1 is 1.08 bits per heavy atom. The average molecular weight is 547 g/mol. The van der Waals surface area contributed by atoms with E-state index in [-0.39, 0.29) is 29.7 Å². The van der Waals surface area contributed by atoms with E-state index in [1.54, 1.807) is 12.1 Å². The third-order valence-electron chi connectivity index (χ3n) is 6.50. The Bertz CT molecular complexity index is 1370. The summed E-state index contributed by atoms with van der Waals surface area (Å²) in [6.07, 6.45) is -1.05. The van der Waals surface area contributed by atoms with Crippen molar-refractivity contribution < 1.29 is 41.9 Å². The topological polar surface area (TPSA) is 137 Å². The van der Waals surface area contributed by atoms with Gasteiger partial charge in [-0.2, -0.15) is 13.2 Å². The van der Waals surface area contributed by atoms with Gasteiger partial charge in [-0.05, 0) is 53.8 Å². The number of aryl methyl sites for hydroxylation is 1. The standard InChI is InChI=1S/C26H26F3N5O5/c1-15-5-2-3-6-16(15)10-22(35)30-19-11-18(26(27,28)29)12-20(13-19)31-25(38)32-23-14-34(33-39-23)21-8-4-7-17(9-21)24(36)37/h2-3,5-6,11-14,17,21H,4,7-10H2,1H3,(H3-,30,31,32,33,35,36,37,38)/p+1. The minimum absolute atomic E-state index is 0.0358. The number of carboxylic acids is 1. The zero-order chi connectivity index (χ0) is 28.2. The van der Waals surface area contributed by atoms with Gasteiger partial charge in [0.2, 0.25) is 11.2 Å². The highest BCUT2D eigenvalue weighted by atomic mass is 19.4. The van der Waals surface area contributed by atoms with Crippen molar-refractivity contribution >= 4 is 35.2 Å². The first-order chi connectivity index (χ1) is 18.5. The fraction of sp³-hybridized carbons (Fsp3) is 0.346. The molecule has 1 aromatic heterocycles. The van der Waals surface area contributed by atoms with E-state index < -0.39 is 35.6 Å². The summed E-state index contributed by atoms with van der Waals surface area (Å²) in [4.78, 5) is 36.3. The molecule has 10 nitrogen and oxygen atoms in total. The maximum atomic E-state index is 13.5. The van der Waals surface area contributed by atoms with E-state index in [1.165, 1.54) is 16.9 Å². The largest absolute Gasteiger partial charge is 0.481 e. The molecule has 1 fully saturated rings. The van der Waals surface area contributed by atoms with Gasteiger partial charge in [0.25, 0.3) is 6.20 Å². The van der Waals surface area contributed by atoms with Gasteiger partial charge >= 0.3 is 24.1 Å². The summed E-state index contributed by atoms with van der Waals surface area (Å²) >= 11 is 0. The summed E-state index contributed by atoms with van der Waals surface area (Å²) in [5, 5.41) is 20.2. The molecular weight excluding hydrogens is 519 g/mol. The number of nitrogens with zero attached hydrogens (tertiary/aromatic N) is 2. The molecule has 0 bridgehead atoms. The highest BCUT2D eigenvalue weighted by Crippen LogP contribution is 2.34. The van der Waals surface area contributed by atoms with Crippen molar-refractivity contribution in [1.82, 2.24) is 5.27 Å². The molecule has 1 aliphatic rings. The maximum Gasteiger partial charge on any atom is 0.416 e. The number of aliphatic carboxylic acids is 1. The Hall–Kier alpha value is -4.42. The number of rotatable bonds is 7. The number of carbonyl (C=O) groups is 3. The van der Waals surface area contributed by atoms with Crippen LogP contribution < -0.4 is 20.6 Å². The molecule has 1 saturated carbocycles. The molecule has 0 saturated heterocycles. The molecule has 2 aromatic carbocycles. The van der Waals surface area contributed by atoms with Crippen LogP contribution in [0.5, 0.6) is 0 Å². The predicted molar refractivity (Wildman–Crippen MR) is 133 cm³/mol. The normalized spacial score (nSPS) is 17.3. The highest BCUT2D eigenvalue weighted by Gasteiger charge is 2.35. The number of nitrogens with one attached hydrogen (secondary N) is 3. The second-order valence-electron chi connectivity index (χ2n) is 9.43. The van der Waals surface area contributed by atoms with Crippen LogP contribution in [0.1, 0.15) is 48.4 Å². The van der Waals surface area contributed by atoms with E-state index in [0.29, 0.717) is 25.7 Å². The first-order valence-corrected chi connectivity index (χ1v) is 12.2. The lowest BCUT2D eigenvalue weighted by molar-refractivity contribution is -0.787. The number of alkyl halides is 3. The lowest BCUT2D eigenvalue weighted by Gasteiger charge is -2.20. The van der Waals surface area contributed by atoms with Gasteiger partial charge in [-0.3, -0.25) is 19.4 Å². The summed E-state index contributed by atoms with van der Waals surface area (Å²) in [6, 6.07) is 8.76. The van der Waals surface area contributed by atoms with Crippen LogP contribution in [0.15, 0.2) is 53.2 Å². The number of amides is 3. The smallest absolute Gasteiger partial charge is 0.416 e. The summed E-state index contributed by atoms with van der Waals surface area (Å²) in [5.41, 5.74) is 0.193. The predicted octanol–water partition coefficient (Wildman–Crippen LogP) is 4.93. The fourth-order valence-corrected chi connectivity index (χ4v) is 4.51. The maximum absolute atomic E-state index is 13.5.